The molecule has 1 aliphatic rings. The van der Waals surface area contributed by atoms with E-state index in [0.717, 1.165) is 31.9 Å². The second-order valence-corrected chi connectivity index (χ2v) is 4.88. The number of ether oxygens (including phenoxy) is 1. The van der Waals surface area contributed by atoms with Crippen LogP contribution in [0.4, 0.5) is 11.4 Å². The molecule has 4 heteroatoms. The Balaban J connectivity index is 1.66. The zero-order valence-electron chi connectivity index (χ0n) is 11.7. The molecule has 0 amide bonds. The molecule has 0 bridgehead atoms. The molecule has 2 heterocycles. The van der Waals surface area contributed by atoms with Crippen molar-refractivity contribution in [2.45, 2.75) is 0 Å². The van der Waals surface area contributed by atoms with Gasteiger partial charge in [0.25, 0.3) is 0 Å². The molecular weight excluding hydrogens is 250 g/mol. The third kappa shape index (κ3) is 2.69. The van der Waals surface area contributed by atoms with E-state index in [2.05, 4.69) is 39.0 Å². The van der Waals surface area contributed by atoms with Gasteiger partial charge in [-0.25, -0.2) is 0 Å². The number of hydrogen-bond acceptors (Lipinski definition) is 4. The first-order valence-electron chi connectivity index (χ1n) is 6.91. The molecule has 0 aliphatic carbocycles. The largest absolute Gasteiger partial charge is 0.497 e. The molecule has 0 spiro atoms. The Morgan fingerprint density at radius 3 is 2.20 bits per heavy atom. The van der Waals surface area contributed by atoms with E-state index in [0.29, 0.717) is 0 Å². The molecule has 1 aromatic heterocycles. The maximum atomic E-state index is 5.29. The summed E-state index contributed by atoms with van der Waals surface area (Å²) >= 11 is 0. The van der Waals surface area contributed by atoms with Crippen LogP contribution in [-0.4, -0.2) is 38.3 Å². The predicted octanol–water partition coefficient (Wildman–Crippen LogP) is 2.42. The van der Waals surface area contributed by atoms with Gasteiger partial charge in [0.15, 0.2) is 0 Å². The topological polar surface area (TPSA) is 28.6 Å². The van der Waals surface area contributed by atoms with Crippen LogP contribution in [0.5, 0.6) is 5.75 Å². The fourth-order valence-electron chi connectivity index (χ4n) is 2.58. The first kappa shape index (κ1) is 12.8. The molecule has 0 unspecified atom stereocenters. The van der Waals surface area contributed by atoms with Crippen molar-refractivity contribution < 1.29 is 4.74 Å². The second-order valence-electron chi connectivity index (χ2n) is 4.88. The third-order valence-corrected chi connectivity index (χ3v) is 3.73. The Kier molecular flexibility index (Phi) is 3.72. The van der Waals surface area contributed by atoms with Crippen LogP contribution in [0.25, 0.3) is 0 Å². The summed E-state index contributed by atoms with van der Waals surface area (Å²) in [6.45, 7) is 4.10. The molecule has 1 fully saturated rings. The van der Waals surface area contributed by atoms with Gasteiger partial charge < -0.3 is 14.5 Å². The zero-order valence-corrected chi connectivity index (χ0v) is 11.7. The minimum Gasteiger partial charge on any atom is -0.497 e. The molecule has 1 saturated heterocycles. The van der Waals surface area contributed by atoms with Crippen LogP contribution in [0.2, 0.25) is 0 Å². The zero-order chi connectivity index (χ0) is 13.8. The van der Waals surface area contributed by atoms with Crippen molar-refractivity contribution >= 4 is 11.4 Å². The smallest absolute Gasteiger partial charge is 0.120 e. The fraction of sp³-hybridized carbons (Fsp3) is 0.312. The quantitative estimate of drug-likeness (QED) is 0.855. The summed E-state index contributed by atoms with van der Waals surface area (Å²) < 4.78 is 5.29. The maximum absolute atomic E-state index is 5.29. The summed E-state index contributed by atoms with van der Waals surface area (Å²) in [5.74, 6) is 0.916. The molecule has 1 aliphatic heterocycles. The minimum absolute atomic E-state index is 0.916. The average molecular weight is 269 g/mol. The molecule has 4 nitrogen and oxygen atoms in total. The lowest BCUT2D eigenvalue weighted by atomic mass is 10.2. The number of anilines is 2. The second kappa shape index (κ2) is 5.82. The van der Waals surface area contributed by atoms with Gasteiger partial charge in [0.2, 0.25) is 0 Å². The van der Waals surface area contributed by atoms with Crippen molar-refractivity contribution in [1.29, 1.82) is 0 Å². The van der Waals surface area contributed by atoms with Crippen LogP contribution in [0.3, 0.4) is 0 Å². The van der Waals surface area contributed by atoms with Gasteiger partial charge in [-0.2, -0.15) is 0 Å². The maximum Gasteiger partial charge on any atom is 0.120 e. The summed E-state index contributed by atoms with van der Waals surface area (Å²) in [6, 6.07) is 12.4. The van der Waals surface area contributed by atoms with E-state index in [1.54, 1.807) is 7.11 Å². The molecule has 20 heavy (non-hydrogen) atoms. The Hall–Kier alpha value is -2.23. The van der Waals surface area contributed by atoms with Crippen molar-refractivity contribution in [2.75, 3.05) is 43.1 Å². The molecule has 0 atom stereocenters. The number of nitrogens with zero attached hydrogens (tertiary/aromatic N) is 3. The van der Waals surface area contributed by atoms with E-state index < -0.39 is 0 Å². The van der Waals surface area contributed by atoms with E-state index in [1.165, 1.54) is 11.4 Å². The summed E-state index contributed by atoms with van der Waals surface area (Å²) in [5.41, 5.74) is 2.49. The normalized spacial score (nSPS) is 15.2. The van der Waals surface area contributed by atoms with Gasteiger partial charge in [-0.3, -0.25) is 4.98 Å². The lowest BCUT2D eigenvalue weighted by Crippen LogP contribution is -2.46. The molecule has 0 radical (unpaired) electrons. The highest BCUT2D eigenvalue weighted by Crippen LogP contribution is 2.23. The first-order chi connectivity index (χ1) is 9.86. The third-order valence-electron chi connectivity index (χ3n) is 3.73. The molecular formula is C16H19N3O. The monoisotopic (exact) mass is 269 g/mol. The van der Waals surface area contributed by atoms with E-state index in [-0.39, 0.29) is 0 Å². The number of rotatable bonds is 3. The van der Waals surface area contributed by atoms with Crippen LogP contribution in [0.15, 0.2) is 48.8 Å². The van der Waals surface area contributed by atoms with Crippen molar-refractivity contribution in [3.05, 3.63) is 48.8 Å². The average Bonchev–Trinajstić information content (AvgIpc) is 2.56. The lowest BCUT2D eigenvalue weighted by molar-refractivity contribution is 0.414. The predicted molar refractivity (Wildman–Crippen MR) is 81.7 cm³/mol. The number of piperazine rings is 1. The summed E-state index contributed by atoms with van der Waals surface area (Å²) in [5, 5.41) is 0. The van der Waals surface area contributed by atoms with Crippen molar-refractivity contribution in [1.82, 2.24) is 4.98 Å². The number of pyridine rings is 1. The summed E-state index contributed by atoms with van der Waals surface area (Å²) in [4.78, 5) is 8.88. The van der Waals surface area contributed by atoms with E-state index in [4.69, 9.17) is 4.74 Å². The molecule has 104 valence electrons. The SMILES string of the molecule is COc1cccc(N2CCN(c3ccncc3)CC2)c1. The first-order valence-corrected chi connectivity index (χ1v) is 6.91. The van der Waals surface area contributed by atoms with Gasteiger partial charge in [0.1, 0.15) is 5.75 Å². The Morgan fingerprint density at radius 2 is 1.55 bits per heavy atom. The van der Waals surface area contributed by atoms with Crippen LogP contribution in [-0.2, 0) is 0 Å². The number of aromatic nitrogens is 1. The highest BCUT2D eigenvalue weighted by molar-refractivity contribution is 5.53. The van der Waals surface area contributed by atoms with Gasteiger partial charge in [-0.05, 0) is 24.3 Å². The van der Waals surface area contributed by atoms with Crippen molar-refractivity contribution in [3.8, 4) is 5.75 Å². The minimum atomic E-state index is 0.916. The van der Waals surface area contributed by atoms with Crippen LogP contribution in [0, 0.1) is 0 Å². The lowest BCUT2D eigenvalue weighted by Gasteiger charge is -2.37. The van der Waals surface area contributed by atoms with Gasteiger partial charge in [0.05, 0.1) is 7.11 Å². The number of hydrogen-bond donors (Lipinski definition) is 0. The van der Waals surface area contributed by atoms with Gasteiger partial charge >= 0.3 is 0 Å². The van der Waals surface area contributed by atoms with E-state index >= 15 is 0 Å². The van der Waals surface area contributed by atoms with Crippen LogP contribution in [0.1, 0.15) is 0 Å². The van der Waals surface area contributed by atoms with Gasteiger partial charge in [-0.15, -0.1) is 0 Å². The molecule has 0 saturated carbocycles. The fourth-order valence-corrected chi connectivity index (χ4v) is 2.58. The van der Waals surface area contributed by atoms with Crippen molar-refractivity contribution in [3.63, 3.8) is 0 Å². The van der Waals surface area contributed by atoms with E-state index in [1.807, 2.05) is 24.5 Å². The number of methoxy groups -OCH3 is 1. The van der Waals surface area contributed by atoms with Crippen LogP contribution < -0.4 is 14.5 Å². The number of benzene rings is 1. The molecule has 1 aromatic carbocycles. The Morgan fingerprint density at radius 1 is 0.900 bits per heavy atom. The summed E-state index contributed by atoms with van der Waals surface area (Å²) in [7, 11) is 1.71. The van der Waals surface area contributed by atoms with Gasteiger partial charge in [0, 0.05) is 56.0 Å². The molecule has 3 rings (SSSR count). The molecule has 2 aromatic rings. The van der Waals surface area contributed by atoms with Gasteiger partial charge in [-0.1, -0.05) is 6.07 Å². The van der Waals surface area contributed by atoms with Crippen molar-refractivity contribution in [2.24, 2.45) is 0 Å². The Bertz CT molecular complexity index is 551. The standard InChI is InChI=1S/C16H19N3O/c1-20-16-4-2-3-15(13-16)19-11-9-18(10-12-19)14-5-7-17-8-6-14/h2-8,13H,9-12H2,1H3. The molecule has 0 N–H and O–H groups in total. The van der Waals surface area contributed by atoms with Crippen LogP contribution >= 0.6 is 0 Å². The summed E-state index contributed by atoms with van der Waals surface area (Å²) in [6.07, 6.45) is 3.70. The highest BCUT2D eigenvalue weighted by atomic mass is 16.5. The Labute approximate surface area is 119 Å². The highest BCUT2D eigenvalue weighted by Gasteiger charge is 2.17. The van der Waals surface area contributed by atoms with E-state index in [9.17, 15) is 0 Å².